The van der Waals surface area contributed by atoms with Crippen LogP contribution in [-0.4, -0.2) is 45.6 Å². The summed E-state index contributed by atoms with van der Waals surface area (Å²) in [7, 11) is 2.93. The van der Waals surface area contributed by atoms with E-state index in [0.29, 0.717) is 44.1 Å². The Labute approximate surface area is 239 Å². The molecule has 4 aromatic rings. The molecule has 0 unspecified atom stereocenters. The molecular formula is C28H24Cl2N6O4. The maximum absolute atomic E-state index is 14.4. The lowest BCUT2D eigenvalue weighted by molar-refractivity contribution is -0.119. The predicted octanol–water partition coefficient (Wildman–Crippen LogP) is 5.41. The quantitative estimate of drug-likeness (QED) is 0.337. The number of carbonyl (C=O) groups excluding carboxylic acids is 2. The Bertz CT molecular complexity index is 1740. The average Bonchev–Trinajstić information content (AvgIpc) is 3.53. The van der Waals surface area contributed by atoms with Crippen molar-refractivity contribution in [3.8, 4) is 23.3 Å². The van der Waals surface area contributed by atoms with E-state index in [1.54, 1.807) is 30.3 Å². The van der Waals surface area contributed by atoms with Gasteiger partial charge in [0.2, 0.25) is 5.88 Å². The molecule has 1 atom stereocenters. The standard InChI is InChI=1S/C28H24Cl2N6O4/c1-13(2)35-22-21(33-23(35)17-12-31-27(40-5)34-24(17)39-4)25(37)36(20-11-16(30)7-6-14(20)3)28(22)18-9-8-15(29)10-19(18)32-26(28)38/h6-13H,1-5H3,(H,32,38)/t28-/m1/s1. The van der Waals surface area contributed by atoms with Crippen LogP contribution < -0.4 is 19.7 Å². The van der Waals surface area contributed by atoms with Crippen LogP contribution in [0.4, 0.5) is 11.4 Å². The first-order chi connectivity index (χ1) is 19.1. The summed E-state index contributed by atoms with van der Waals surface area (Å²) in [5, 5.41) is 3.84. The van der Waals surface area contributed by atoms with Gasteiger partial charge in [-0.2, -0.15) is 4.98 Å². The first kappa shape index (κ1) is 26.1. The maximum Gasteiger partial charge on any atom is 0.319 e. The highest BCUT2D eigenvalue weighted by molar-refractivity contribution is 6.32. The van der Waals surface area contributed by atoms with Gasteiger partial charge in [-0.05, 0) is 50.6 Å². The number of nitrogens with one attached hydrogen (secondary N) is 1. The lowest BCUT2D eigenvalue weighted by Gasteiger charge is -2.36. The minimum absolute atomic E-state index is 0.118. The van der Waals surface area contributed by atoms with Gasteiger partial charge in [-0.25, -0.2) is 9.97 Å². The Balaban J connectivity index is 1.73. The van der Waals surface area contributed by atoms with Crippen LogP contribution in [0.2, 0.25) is 10.0 Å². The number of rotatable bonds is 5. The molecule has 0 bridgehead atoms. The Kier molecular flexibility index (Phi) is 6.01. The fourth-order valence-corrected chi connectivity index (χ4v) is 5.92. The molecule has 4 heterocycles. The number of anilines is 2. The lowest BCUT2D eigenvalue weighted by Crippen LogP contribution is -2.51. The van der Waals surface area contributed by atoms with Crippen LogP contribution >= 0.6 is 23.2 Å². The third-order valence-corrected chi connectivity index (χ3v) is 7.69. The van der Waals surface area contributed by atoms with Crippen LogP contribution in [0.25, 0.3) is 11.4 Å². The van der Waals surface area contributed by atoms with Crippen LogP contribution in [0.15, 0.2) is 42.6 Å². The Morgan fingerprint density at radius 1 is 1.00 bits per heavy atom. The number of amides is 2. The van der Waals surface area contributed by atoms with E-state index in [-0.39, 0.29) is 23.6 Å². The highest BCUT2D eigenvalue weighted by atomic mass is 35.5. The third-order valence-electron chi connectivity index (χ3n) is 7.22. The monoisotopic (exact) mass is 578 g/mol. The molecule has 204 valence electrons. The summed E-state index contributed by atoms with van der Waals surface area (Å²) < 4.78 is 12.6. The van der Waals surface area contributed by atoms with Gasteiger partial charge < -0.3 is 19.4 Å². The second-order valence-corrected chi connectivity index (χ2v) is 10.7. The van der Waals surface area contributed by atoms with Crippen molar-refractivity contribution in [3.05, 3.63) is 75.2 Å². The number of methoxy groups -OCH3 is 2. The SMILES string of the molecule is COc1ncc(-c2nc3c(n2C(C)C)[C@]2(C(=O)Nc4cc(Cl)ccc42)N(c2cc(Cl)ccc2C)C3=O)c(OC)n1. The number of nitrogens with zero attached hydrogens (tertiary/aromatic N) is 5. The van der Waals surface area contributed by atoms with Gasteiger partial charge in [-0.15, -0.1) is 0 Å². The van der Waals surface area contributed by atoms with E-state index in [4.69, 9.17) is 37.7 Å². The van der Waals surface area contributed by atoms with Crippen molar-refractivity contribution in [1.29, 1.82) is 0 Å². The number of hydrogen-bond donors (Lipinski definition) is 1. The zero-order chi connectivity index (χ0) is 28.5. The summed E-state index contributed by atoms with van der Waals surface area (Å²) >= 11 is 12.7. The molecule has 2 amide bonds. The van der Waals surface area contributed by atoms with Crippen molar-refractivity contribution in [2.24, 2.45) is 0 Å². The van der Waals surface area contributed by atoms with Crippen LogP contribution in [-0.2, 0) is 10.3 Å². The molecule has 40 heavy (non-hydrogen) atoms. The topological polar surface area (TPSA) is 111 Å². The third kappa shape index (κ3) is 3.45. The van der Waals surface area contributed by atoms with E-state index in [0.717, 1.165) is 5.56 Å². The molecule has 0 radical (unpaired) electrons. The van der Waals surface area contributed by atoms with Gasteiger partial charge in [0.25, 0.3) is 11.8 Å². The minimum atomic E-state index is -1.60. The molecule has 2 aromatic carbocycles. The summed E-state index contributed by atoms with van der Waals surface area (Å²) in [6, 6.07) is 10.2. The van der Waals surface area contributed by atoms with Gasteiger partial charge in [0.05, 0.1) is 31.2 Å². The minimum Gasteiger partial charge on any atom is -0.480 e. The first-order valence-electron chi connectivity index (χ1n) is 12.4. The highest BCUT2D eigenvalue weighted by Crippen LogP contribution is 2.55. The van der Waals surface area contributed by atoms with Crippen molar-refractivity contribution in [2.45, 2.75) is 32.4 Å². The molecule has 0 saturated heterocycles. The average molecular weight is 579 g/mol. The molecule has 2 aliphatic rings. The molecule has 1 N–H and O–H groups in total. The number of benzene rings is 2. The number of aryl methyl sites for hydroxylation is 1. The normalized spacial score (nSPS) is 17.4. The maximum atomic E-state index is 14.4. The Morgan fingerprint density at radius 2 is 1.73 bits per heavy atom. The Morgan fingerprint density at radius 3 is 2.42 bits per heavy atom. The molecule has 1 spiro atoms. The fourth-order valence-electron chi connectivity index (χ4n) is 5.58. The zero-order valence-electron chi connectivity index (χ0n) is 22.2. The summed E-state index contributed by atoms with van der Waals surface area (Å²) in [5.74, 6) is -0.274. The highest BCUT2D eigenvalue weighted by Gasteiger charge is 2.64. The van der Waals surface area contributed by atoms with Gasteiger partial charge in [-0.1, -0.05) is 35.3 Å². The lowest BCUT2D eigenvalue weighted by atomic mass is 9.86. The molecule has 0 fully saturated rings. The summed E-state index contributed by atoms with van der Waals surface area (Å²) in [5.41, 5.74) is 1.71. The van der Waals surface area contributed by atoms with Crippen LogP contribution in [0, 0.1) is 6.92 Å². The molecule has 2 aromatic heterocycles. The molecule has 0 saturated carbocycles. The molecule has 2 aliphatic heterocycles. The Hall–Kier alpha value is -4.15. The van der Waals surface area contributed by atoms with Crippen molar-refractivity contribution < 1.29 is 19.1 Å². The second-order valence-electron chi connectivity index (χ2n) is 9.80. The van der Waals surface area contributed by atoms with Crippen LogP contribution in [0.5, 0.6) is 11.9 Å². The van der Waals surface area contributed by atoms with Gasteiger partial charge >= 0.3 is 6.01 Å². The second kappa shape index (κ2) is 9.21. The number of hydrogen-bond acceptors (Lipinski definition) is 7. The number of ether oxygens (including phenoxy) is 2. The molecule has 6 rings (SSSR count). The number of halogens is 2. The summed E-state index contributed by atoms with van der Waals surface area (Å²) in [4.78, 5) is 43.6. The smallest absolute Gasteiger partial charge is 0.319 e. The van der Waals surface area contributed by atoms with E-state index >= 15 is 0 Å². The zero-order valence-corrected chi connectivity index (χ0v) is 23.8. The predicted molar refractivity (Wildman–Crippen MR) is 151 cm³/mol. The van der Waals surface area contributed by atoms with Crippen molar-refractivity contribution in [1.82, 2.24) is 19.5 Å². The number of imidazole rings is 1. The summed E-state index contributed by atoms with van der Waals surface area (Å²) in [6.07, 6.45) is 1.53. The number of aromatic nitrogens is 4. The van der Waals surface area contributed by atoms with Crippen molar-refractivity contribution in [2.75, 3.05) is 24.4 Å². The van der Waals surface area contributed by atoms with Gasteiger partial charge in [0.1, 0.15) is 5.82 Å². The van der Waals surface area contributed by atoms with Gasteiger partial charge in [0.15, 0.2) is 11.2 Å². The van der Waals surface area contributed by atoms with Crippen LogP contribution in [0.3, 0.4) is 0 Å². The van der Waals surface area contributed by atoms with Crippen molar-refractivity contribution in [3.63, 3.8) is 0 Å². The number of fused-ring (bicyclic) bond motifs is 4. The first-order valence-corrected chi connectivity index (χ1v) is 13.2. The van der Waals surface area contributed by atoms with E-state index in [9.17, 15) is 9.59 Å². The number of carbonyl (C=O) groups is 2. The van der Waals surface area contributed by atoms with Crippen molar-refractivity contribution >= 4 is 46.4 Å². The van der Waals surface area contributed by atoms with Gasteiger partial charge in [-0.3, -0.25) is 14.5 Å². The fraction of sp³-hybridized carbons (Fsp3) is 0.250. The summed E-state index contributed by atoms with van der Waals surface area (Å²) in [6.45, 7) is 5.76. The van der Waals surface area contributed by atoms with Crippen LogP contribution in [0.1, 0.15) is 47.2 Å². The molecule has 0 aliphatic carbocycles. The molecule has 12 heteroatoms. The van der Waals surface area contributed by atoms with E-state index in [1.807, 2.05) is 31.4 Å². The van der Waals surface area contributed by atoms with E-state index in [2.05, 4.69) is 15.3 Å². The van der Waals surface area contributed by atoms with Gasteiger partial charge in [0, 0.05) is 33.5 Å². The van der Waals surface area contributed by atoms with E-state index in [1.165, 1.54) is 25.3 Å². The molecular weight excluding hydrogens is 555 g/mol. The van der Waals surface area contributed by atoms with E-state index < -0.39 is 17.4 Å². The largest absolute Gasteiger partial charge is 0.480 e. The molecule has 10 nitrogen and oxygen atoms in total.